The molecule has 2 atom stereocenters. The zero-order valence-corrected chi connectivity index (χ0v) is 17.0. The molecule has 1 heterocycles. The first-order valence-corrected chi connectivity index (χ1v) is 11.7. The van der Waals surface area contributed by atoms with Gasteiger partial charge in [-0.25, -0.2) is 16.8 Å². The zero-order chi connectivity index (χ0) is 19.0. The number of hydrogen-bond acceptors (Lipinski definition) is 6. The van der Waals surface area contributed by atoms with Crippen LogP contribution >= 0.6 is 0 Å². The summed E-state index contributed by atoms with van der Waals surface area (Å²) in [7, 11) is -5.84. The maximum atomic E-state index is 13.2. The molecule has 1 aliphatic heterocycles. The van der Waals surface area contributed by atoms with Crippen LogP contribution in [0.2, 0.25) is 0 Å². The van der Waals surface area contributed by atoms with Crippen molar-refractivity contribution in [3.05, 3.63) is 23.3 Å². The van der Waals surface area contributed by atoms with Crippen LogP contribution in [-0.2, 0) is 19.7 Å². The molecule has 1 aromatic rings. The lowest BCUT2D eigenvalue weighted by Crippen LogP contribution is -2.44. The van der Waals surface area contributed by atoms with E-state index in [1.807, 2.05) is 27.7 Å². The number of methoxy groups -OCH3 is 1. The van der Waals surface area contributed by atoms with E-state index in [1.165, 1.54) is 7.11 Å². The van der Waals surface area contributed by atoms with Crippen molar-refractivity contribution >= 4 is 19.7 Å². The van der Waals surface area contributed by atoms with Crippen LogP contribution < -0.4 is 10.1 Å². The summed E-state index contributed by atoms with van der Waals surface area (Å²) in [5.74, 6) is 0.0376. The van der Waals surface area contributed by atoms with Crippen molar-refractivity contribution in [2.45, 2.75) is 43.9 Å². The fraction of sp³-hybridized carbons (Fsp3) is 0.647. The lowest BCUT2D eigenvalue weighted by atomic mass is 10.1. The molecule has 1 saturated heterocycles. The van der Waals surface area contributed by atoms with Crippen LogP contribution in [-0.4, -0.2) is 53.3 Å². The molecule has 0 bridgehead atoms. The average molecular weight is 390 g/mol. The van der Waals surface area contributed by atoms with E-state index in [2.05, 4.69) is 5.32 Å². The number of aryl methyl sites for hydroxylation is 2. The quantitative estimate of drug-likeness (QED) is 0.793. The van der Waals surface area contributed by atoms with Gasteiger partial charge in [-0.1, -0.05) is 13.8 Å². The number of rotatable bonds is 6. The van der Waals surface area contributed by atoms with Crippen LogP contribution in [0.4, 0.5) is 0 Å². The minimum atomic E-state index is -3.86. The van der Waals surface area contributed by atoms with E-state index >= 15 is 0 Å². The predicted molar refractivity (Wildman–Crippen MR) is 98.7 cm³/mol. The molecule has 0 radical (unpaired) electrons. The van der Waals surface area contributed by atoms with Gasteiger partial charge in [0.25, 0.3) is 0 Å². The summed E-state index contributed by atoms with van der Waals surface area (Å²) >= 11 is 0. The van der Waals surface area contributed by atoms with Gasteiger partial charge < -0.3 is 10.1 Å². The van der Waals surface area contributed by atoms with Crippen LogP contribution in [0.5, 0.6) is 5.75 Å². The molecular formula is C17H27NO5S2. The number of sulfone groups is 2. The third kappa shape index (κ3) is 4.35. The number of hydrogen-bond donors (Lipinski definition) is 1. The molecular weight excluding hydrogens is 362 g/mol. The number of nitrogens with one attached hydrogen (secondary N) is 1. The normalized spacial score (nSPS) is 23.1. The summed E-state index contributed by atoms with van der Waals surface area (Å²) in [5.41, 5.74) is 1.75. The highest BCUT2D eigenvalue weighted by Crippen LogP contribution is 2.33. The largest absolute Gasteiger partial charge is 0.495 e. The molecule has 0 unspecified atom stereocenters. The topological polar surface area (TPSA) is 89.5 Å². The first kappa shape index (κ1) is 20.2. The average Bonchev–Trinajstić information content (AvgIpc) is 2.83. The lowest BCUT2D eigenvalue weighted by Gasteiger charge is -2.22. The van der Waals surface area contributed by atoms with Crippen molar-refractivity contribution in [1.29, 1.82) is 0 Å². The van der Waals surface area contributed by atoms with Gasteiger partial charge in [-0.05, 0) is 49.6 Å². The Kier molecular flexibility index (Phi) is 5.85. The molecule has 0 saturated carbocycles. The summed E-state index contributed by atoms with van der Waals surface area (Å²) in [6.45, 7) is 8.25. The molecule has 1 aliphatic rings. The molecule has 1 fully saturated rings. The second-order valence-electron chi connectivity index (χ2n) is 7.16. The van der Waals surface area contributed by atoms with E-state index in [4.69, 9.17) is 4.74 Å². The number of ether oxygens (including phenoxy) is 1. The first-order valence-electron chi connectivity index (χ1n) is 8.31. The molecule has 2 rings (SSSR count). The zero-order valence-electron chi connectivity index (χ0n) is 15.4. The maximum Gasteiger partial charge on any atom is 0.187 e. The molecule has 0 aliphatic carbocycles. The van der Waals surface area contributed by atoms with E-state index in [1.54, 1.807) is 12.1 Å². The van der Waals surface area contributed by atoms with Crippen molar-refractivity contribution in [2.24, 2.45) is 5.92 Å². The van der Waals surface area contributed by atoms with Crippen molar-refractivity contribution < 1.29 is 21.6 Å². The monoisotopic (exact) mass is 389 g/mol. The lowest BCUT2D eigenvalue weighted by molar-refractivity contribution is 0.401. The van der Waals surface area contributed by atoms with Gasteiger partial charge in [-0.15, -0.1) is 0 Å². The fourth-order valence-corrected chi connectivity index (χ4v) is 7.95. The highest BCUT2D eigenvalue weighted by molar-refractivity contribution is 7.96. The van der Waals surface area contributed by atoms with Crippen molar-refractivity contribution in [3.8, 4) is 5.75 Å². The second kappa shape index (κ2) is 7.25. The molecule has 0 spiro atoms. The Morgan fingerprint density at radius 2 is 1.80 bits per heavy atom. The SMILES string of the molecule is COc1cc(C)c(C)cc1S(=O)(=O)[C@H]1CS(=O)(=O)C[C@@H]1NCC(C)C. The maximum absolute atomic E-state index is 13.2. The van der Waals surface area contributed by atoms with E-state index in [-0.39, 0.29) is 22.2 Å². The predicted octanol–water partition coefficient (Wildman–Crippen LogP) is 1.50. The summed E-state index contributed by atoms with van der Waals surface area (Å²) in [4.78, 5) is 0.0662. The third-order valence-electron chi connectivity index (χ3n) is 4.57. The summed E-state index contributed by atoms with van der Waals surface area (Å²) in [6.07, 6.45) is 0. The van der Waals surface area contributed by atoms with Gasteiger partial charge in [0.1, 0.15) is 10.6 Å². The van der Waals surface area contributed by atoms with E-state index in [0.29, 0.717) is 12.5 Å². The summed E-state index contributed by atoms with van der Waals surface area (Å²) < 4.78 is 56.0. The molecule has 0 amide bonds. The molecule has 6 nitrogen and oxygen atoms in total. The van der Waals surface area contributed by atoms with Crippen molar-refractivity contribution in [3.63, 3.8) is 0 Å². The van der Waals surface area contributed by atoms with E-state index < -0.39 is 31.0 Å². The molecule has 25 heavy (non-hydrogen) atoms. The molecule has 0 aromatic heterocycles. The van der Waals surface area contributed by atoms with Crippen molar-refractivity contribution in [1.82, 2.24) is 5.32 Å². The van der Waals surface area contributed by atoms with E-state index in [0.717, 1.165) is 11.1 Å². The van der Waals surface area contributed by atoms with Gasteiger partial charge in [0, 0.05) is 6.04 Å². The van der Waals surface area contributed by atoms with Gasteiger partial charge >= 0.3 is 0 Å². The van der Waals surface area contributed by atoms with Crippen LogP contribution in [0.1, 0.15) is 25.0 Å². The summed E-state index contributed by atoms with van der Waals surface area (Å²) in [5, 5.41) is 2.12. The Bertz CT molecular complexity index is 844. The highest BCUT2D eigenvalue weighted by atomic mass is 32.2. The summed E-state index contributed by atoms with van der Waals surface area (Å²) in [6, 6.07) is 2.65. The smallest absolute Gasteiger partial charge is 0.187 e. The Hall–Kier alpha value is -1.12. The Balaban J connectivity index is 2.48. The molecule has 8 heteroatoms. The Labute approximate surface area is 150 Å². The van der Waals surface area contributed by atoms with E-state index in [9.17, 15) is 16.8 Å². The van der Waals surface area contributed by atoms with Gasteiger partial charge in [-0.2, -0.15) is 0 Å². The minimum Gasteiger partial charge on any atom is -0.495 e. The van der Waals surface area contributed by atoms with Crippen LogP contribution in [0.3, 0.4) is 0 Å². The second-order valence-corrected chi connectivity index (χ2v) is 11.4. The van der Waals surface area contributed by atoms with Gasteiger partial charge in [0.2, 0.25) is 0 Å². The number of benzene rings is 1. The highest BCUT2D eigenvalue weighted by Gasteiger charge is 2.46. The Morgan fingerprint density at radius 1 is 1.20 bits per heavy atom. The Morgan fingerprint density at radius 3 is 2.36 bits per heavy atom. The van der Waals surface area contributed by atoms with Gasteiger partial charge in [0.05, 0.1) is 23.9 Å². The van der Waals surface area contributed by atoms with Crippen LogP contribution in [0, 0.1) is 19.8 Å². The molecule has 1 aromatic carbocycles. The minimum absolute atomic E-state index is 0.0662. The third-order valence-corrected chi connectivity index (χ3v) is 8.74. The fourth-order valence-electron chi connectivity index (χ4n) is 3.01. The van der Waals surface area contributed by atoms with Crippen LogP contribution in [0.15, 0.2) is 17.0 Å². The van der Waals surface area contributed by atoms with Gasteiger partial charge in [0.15, 0.2) is 19.7 Å². The molecule has 1 N–H and O–H groups in total. The first-order chi connectivity index (χ1) is 11.5. The molecule has 142 valence electrons. The van der Waals surface area contributed by atoms with Crippen LogP contribution in [0.25, 0.3) is 0 Å². The van der Waals surface area contributed by atoms with Crippen molar-refractivity contribution in [2.75, 3.05) is 25.2 Å². The van der Waals surface area contributed by atoms with Gasteiger partial charge in [-0.3, -0.25) is 0 Å². The standard InChI is InChI=1S/C17H27NO5S2/c1-11(2)8-18-14-9-24(19,20)10-17(14)25(21,22)16-7-13(4)12(3)6-15(16)23-5/h6-7,11,14,17-18H,8-10H2,1-5H3/t14-,17-/m0/s1.